The van der Waals surface area contributed by atoms with Crippen molar-refractivity contribution in [3.05, 3.63) is 123 Å². The van der Waals surface area contributed by atoms with Gasteiger partial charge in [0.25, 0.3) is 5.56 Å². The smallest absolute Gasteiger partial charge is 0.457 e. The second-order valence-electron chi connectivity index (χ2n) is 28.0. The van der Waals surface area contributed by atoms with Gasteiger partial charge in [-0.2, -0.15) is 0 Å². The van der Waals surface area contributed by atoms with E-state index in [1.54, 1.807) is 85.9 Å². The minimum atomic E-state index is -2.54. The number of aryl methyl sites for hydroxylation is 1. The number of ether oxygens (including phenoxy) is 12. The first-order valence-electron chi connectivity index (χ1n) is 38.7. The number of hydrogen-bond acceptors (Lipinski definition) is 27. The number of rotatable bonds is 54. The summed E-state index contributed by atoms with van der Waals surface area (Å²) in [7, 11) is -2.54. The standard InChI is InChI=1S/C81H109N11O21S2/c1-10-81(68-47-70-75-66(51-91(70)77(98)67(68)53-111-78(81)99)64(65-18-14-15-19-69(65)86-75)26-28-92(57(4)5)115(8,9)101)113-80(100)112-52-59-20-22-61(23-21-59)85-76(97)58(6)46-71(94)74(56(2)3)87-73(96)55-110-54-72(95)82-27-30-102-32-34-104-36-38-106-40-42-108-44-45-109-43-41-107-39-37-105-35-33-103-31-29-90-50-62(88-89-90)24-25-63(93)17-13-11-12-16-60-48-83-79(114-7)84-49-60/h14-15,18-23,47-50,56-58,74H,8,10-11,13,17,24-46,51-55H2,1-7,9H3,(H,82,95)(H,85,97)(H,87,96)/t58-,74+,81+,115?/m1/s1. The molecule has 4 aromatic heterocycles. The topological polar surface area (TPSA) is 378 Å². The van der Waals surface area contributed by atoms with E-state index in [2.05, 4.69) is 53.9 Å². The van der Waals surface area contributed by atoms with Crippen LogP contribution in [-0.4, -0.2) is 247 Å². The number of anilines is 1. The summed E-state index contributed by atoms with van der Waals surface area (Å²) in [6.45, 7) is 16.7. The number of unbranched alkanes of at least 4 members (excludes halogenated alkanes) is 1. The molecule has 0 aliphatic carbocycles. The number of nitrogens with zero attached hydrogens (tertiary/aromatic N) is 8. The molecule has 0 saturated carbocycles. The summed E-state index contributed by atoms with van der Waals surface area (Å²) in [6.07, 6.45) is 10.5. The molecule has 626 valence electrons. The minimum Gasteiger partial charge on any atom is -0.457 e. The van der Waals surface area contributed by atoms with Gasteiger partial charge in [0, 0.05) is 107 Å². The van der Waals surface area contributed by atoms with Gasteiger partial charge in [-0.25, -0.2) is 33.5 Å². The lowest BCUT2D eigenvalue weighted by atomic mass is 9.85. The number of esters is 1. The van der Waals surface area contributed by atoms with Crippen LogP contribution in [0.5, 0.6) is 0 Å². The van der Waals surface area contributed by atoms with E-state index in [-0.39, 0.29) is 80.4 Å². The van der Waals surface area contributed by atoms with Gasteiger partial charge in [0.05, 0.1) is 159 Å². The van der Waals surface area contributed by atoms with Crippen LogP contribution in [0.25, 0.3) is 22.3 Å². The number of hydrogen-bond donors (Lipinski definition) is 3. The predicted octanol–water partition coefficient (Wildman–Crippen LogP) is 6.42. The molecule has 3 N–H and O–H groups in total. The minimum absolute atomic E-state index is 0.0467. The summed E-state index contributed by atoms with van der Waals surface area (Å²) in [5, 5.41) is 18.0. The van der Waals surface area contributed by atoms with E-state index in [0.29, 0.717) is 184 Å². The maximum atomic E-state index is 14.5. The van der Waals surface area contributed by atoms with E-state index in [0.717, 1.165) is 27.8 Å². The van der Waals surface area contributed by atoms with E-state index in [9.17, 15) is 42.6 Å². The van der Waals surface area contributed by atoms with Gasteiger partial charge in [0.2, 0.25) is 23.3 Å². The highest BCUT2D eigenvalue weighted by Gasteiger charge is 2.51. The average molecular weight is 1640 g/mol. The molecule has 6 aromatic rings. The Bertz CT molecular complexity index is 4420. The molecule has 2 aliphatic rings. The third kappa shape index (κ3) is 29.3. The average Bonchev–Trinajstić information content (AvgIpc) is 1.59. The number of ketones is 2. The molecule has 34 heteroatoms. The van der Waals surface area contributed by atoms with Gasteiger partial charge in [-0.1, -0.05) is 86.8 Å². The number of aromatic nitrogens is 7. The maximum Gasteiger partial charge on any atom is 0.510 e. The second-order valence-corrected chi connectivity index (χ2v) is 31.2. The number of nitrogens with one attached hydrogen (secondary N) is 3. The SMILES string of the molecule is C=S(C)(=O)N(CCc1c2c(nc3ccccc13)-c1cc3c(c(=O)n1C2)COC(=O)[C@@]3(CC)OC(=O)OCc1ccc(NC(=O)[C@H](C)CC(=O)[C@@H](NC(=O)COCC(=O)NCCOCCOCCOCCOCCOCCOCCOCCOCCn2cc(CCC(=O)CCCC#Cc3cnc(SC)nc3)nn2)C(C)C)cc1)C(C)C. The Morgan fingerprint density at radius 1 is 0.765 bits per heavy atom. The zero-order valence-corrected chi connectivity index (χ0v) is 68.7. The monoisotopic (exact) mass is 1640 g/mol. The van der Waals surface area contributed by atoms with Crippen LogP contribution in [0.1, 0.15) is 119 Å². The third-order valence-corrected chi connectivity index (χ3v) is 20.8. The molecule has 4 atom stereocenters. The molecular formula is C81H109N11O21S2. The van der Waals surface area contributed by atoms with Gasteiger partial charge in [-0.3, -0.25) is 33.0 Å². The van der Waals surface area contributed by atoms with Gasteiger partial charge >= 0.3 is 12.1 Å². The fourth-order valence-electron chi connectivity index (χ4n) is 12.6. The Kier molecular flexibility index (Phi) is 38.2. The molecular weight excluding hydrogens is 1530 g/mol. The zero-order chi connectivity index (χ0) is 82.5. The Morgan fingerprint density at radius 2 is 1.38 bits per heavy atom. The highest BCUT2D eigenvalue weighted by molar-refractivity contribution is 7.98. The number of Topliss-reactive ketones (excluding diaryl/α,β-unsaturated/α-hetero) is 2. The van der Waals surface area contributed by atoms with E-state index in [4.69, 9.17) is 61.8 Å². The molecule has 115 heavy (non-hydrogen) atoms. The lowest BCUT2D eigenvalue weighted by Gasteiger charge is -2.35. The van der Waals surface area contributed by atoms with Crippen LogP contribution in [0.2, 0.25) is 0 Å². The molecule has 2 aliphatic heterocycles. The van der Waals surface area contributed by atoms with Crippen LogP contribution in [0, 0.1) is 23.7 Å². The molecule has 32 nitrogen and oxygen atoms in total. The zero-order valence-electron chi connectivity index (χ0n) is 67.0. The van der Waals surface area contributed by atoms with Gasteiger partial charge < -0.3 is 77.4 Å². The number of carbonyl (C=O) groups excluding carboxylic acids is 7. The van der Waals surface area contributed by atoms with Crippen LogP contribution < -0.4 is 21.5 Å². The summed E-state index contributed by atoms with van der Waals surface area (Å²) in [5.41, 5.74) is 3.72. The van der Waals surface area contributed by atoms with Crippen molar-refractivity contribution in [2.75, 3.05) is 150 Å². The van der Waals surface area contributed by atoms with Gasteiger partial charge in [0.15, 0.2) is 10.9 Å². The molecule has 0 saturated heterocycles. The first-order chi connectivity index (χ1) is 55.5. The van der Waals surface area contributed by atoms with Crippen molar-refractivity contribution in [1.82, 2.24) is 49.5 Å². The van der Waals surface area contributed by atoms with Crippen LogP contribution in [0.4, 0.5) is 10.5 Å². The van der Waals surface area contributed by atoms with Gasteiger partial charge in [-0.15, -0.1) is 5.10 Å². The number of amides is 3. The number of thioether (sulfide) groups is 1. The second kappa shape index (κ2) is 47.9. The highest BCUT2D eigenvalue weighted by atomic mass is 32.2. The first-order valence-corrected chi connectivity index (χ1v) is 42.0. The Hall–Kier alpha value is -8.96. The van der Waals surface area contributed by atoms with Crippen LogP contribution >= 0.6 is 11.8 Å². The number of pyridine rings is 2. The highest BCUT2D eigenvalue weighted by Crippen LogP contribution is 2.42. The molecule has 1 unspecified atom stereocenters. The molecule has 8 rings (SSSR count). The van der Waals surface area contributed by atoms with Crippen LogP contribution in [0.15, 0.2) is 83.1 Å². The number of fused-ring (bicyclic) bond motifs is 5. The first kappa shape index (κ1) is 91.6. The van der Waals surface area contributed by atoms with Crippen molar-refractivity contribution in [3.63, 3.8) is 0 Å². The summed E-state index contributed by atoms with van der Waals surface area (Å²) < 4.78 is 85.1. The van der Waals surface area contributed by atoms with Gasteiger partial charge in [-0.05, 0) is 93.0 Å². The maximum absolute atomic E-state index is 14.5. The Morgan fingerprint density at radius 3 is 1.99 bits per heavy atom. The Labute approximate surface area is 675 Å². The van der Waals surface area contributed by atoms with E-state index in [1.807, 2.05) is 54.9 Å². The molecule has 2 aromatic carbocycles. The normalized spacial score (nSPS) is 14.6. The van der Waals surface area contributed by atoms with E-state index < -0.39 is 75.9 Å². The van der Waals surface area contributed by atoms with Crippen LogP contribution in [-0.2, 0) is 140 Å². The summed E-state index contributed by atoms with van der Waals surface area (Å²) in [4.78, 5) is 120. The van der Waals surface area contributed by atoms with Gasteiger partial charge in [0.1, 0.15) is 32.2 Å². The number of cyclic esters (lactones) is 1. The van der Waals surface area contributed by atoms with Crippen molar-refractivity contribution in [3.8, 4) is 23.2 Å². The Balaban J connectivity index is 0.590. The van der Waals surface area contributed by atoms with Crippen molar-refractivity contribution in [2.24, 2.45) is 11.8 Å². The molecule has 0 bridgehead atoms. The molecule has 6 heterocycles. The van der Waals surface area contributed by atoms with Crippen LogP contribution in [0.3, 0.4) is 0 Å². The summed E-state index contributed by atoms with van der Waals surface area (Å²) >= 11 is 1.48. The lowest BCUT2D eigenvalue weighted by Crippen LogP contribution is -2.47. The number of benzene rings is 2. The summed E-state index contributed by atoms with van der Waals surface area (Å²) in [6, 6.07) is 14.7. The third-order valence-electron chi connectivity index (χ3n) is 18.6. The van der Waals surface area contributed by atoms with E-state index in [1.165, 1.54) is 11.8 Å². The van der Waals surface area contributed by atoms with Crippen molar-refractivity contribution in [2.45, 2.75) is 142 Å². The van der Waals surface area contributed by atoms with Crippen molar-refractivity contribution in [1.29, 1.82) is 0 Å². The van der Waals surface area contributed by atoms with Crippen molar-refractivity contribution >= 4 is 85.3 Å². The molecule has 0 spiro atoms. The van der Waals surface area contributed by atoms with Crippen molar-refractivity contribution < 1.29 is 94.6 Å². The molecule has 0 fully saturated rings. The largest absolute Gasteiger partial charge is 0.510 e. The molecule has 0 radical (unpaired) electrons. The quantitative estimate of drug-likeness (QED) is 0.00924. The molecule has 3 amide bonds. The van der Waals surface area contributed by atoms with E-state index >= 15 is 0 Å². The number of para-hydroxylation sites is 1. The fraction of sp³-hybridized carbons (Fsp3) is 0.556. The lowest BCUT2D eigenvalue weighted by molar-refractivity contribution is -0.175. The fourth-order valence-corrected chi connectivity index (χ4v) is 14.3. The number of carbonyl (C=O) groups is 7. The predicted molar refractivity (Wildman–Crippen MR) is 429 cm³/mol. The summed E-state index contributed by atoms with van der Waals surface area (Å²) in [5.74, 6) is 6.29.